The molecule has 288 valence electrons. The molecule has 0 fully saturated rings. The molecule has 2 aromatic carbocycles. The van der Waals surface area contributed by atoms with Gasteiger partial charge in [-0.25, -0.2) is 22.2 Å². The fourth-order valence-corrected chi connectivity index (χ4v) is 7.66. The lowest BCUT2D eigenvalue weighted by Gasteiger charge is -2.24. The second kappa shape index (κ2) is 13.9. The average Bonchev–Trinajstić information content (AvgIpc) is 3.65. The van der Waals surface area contributed by atoms with Crippen LogP contribution < -0.4 is 15.8 Å². The maximum atomic E-state index is 15.5. The third-order valence-electron chi connectivity index (χ3n) is 8.95. The van der Waals surface area contributed by atoms with E-state index in [2.05, 4.69) is 25.2 Å². The highest BCUT2D eigenvalue weighted by molar-refractivity contribution is 7.92. The van der Waals surface area contributed by atoms with Gasteiger partial charge in [-0.2, -0.15) is 32.1 Å². The molecule has 3 aromatic heterocycles. The molecule has 0 radical (unpaired) electrons. The van der Waals surface area contributed by atoms with Crippen molar-refractivity contribution >= 4 is 61.5 Å². The van der Waals surface area contributed by atoms with E-state index in [1.54, 1.807) is 0 Å². The number of halogens is 9. The topological polar surface area (TPSA) is 150 Å². The number of aromatic nitrogens is 5. The summed E-state index contributed by atoms with van der Waals surface area (Å²) in [7, 11) is -2.37. The number of nitrogens with one attached hydrogen (secondary N) is 2. The molecule has 1 aliphatic carbocycles. The molecule has 11 nitrogen and oxygen atoms in total. The zero-order chi connectivity index (χ0) is 39.7. The Kier molecular flexibility index (Phi) is 10.1. The first-order valence-corrected chi connectivity index (χ1v) is 18.6. The number of carbonyl (C=O) groups excluding carboxylic acids is 1. The van der Waals surface area contributed by atoms with Crippen LogP contribution in [0.25, 0.3) is 22.0 Å². The van der Waals surface area contributed by atoms with Gasteiger partial charge in [0, 0.05) is 35.7 Å². The number of rotatable bonds is 10. The summed E-state index contributed by atoms with van der Waals surface area (Å²) >= 11 is 12.9. The maximum Gasteiger partial charge on any atom is 0.435 e. The number of carbonyl (C=O) groups is 1. The molecule has 1 amide bonds. The Balaban J connectivity index is 1.50. The Hall–Kier alpha value is -4.62. The minimum Gasteiger partial charge on any atom is -0.396 e. The van der Waals surface area contributed by atoms with Gasteiger partial charge in [-0.15, -0.1) is 0 Å². The predicted molar refractivity (Wildman–Crippen MR) is 186 cm³/mol. The largest absolute Gasteiger partial charge is 0.435 e. The Bertz CT molecular complexity index is 2420. The molecule has 3 heterocycles. The zero-order valence-electron chi connectivity index (χ0n) is 28.3. The van der Waals surface area contributed by atoms with Gasteiger partial charge in [0.1, 0.15) is 23.9 Å². The lowest BCUT2D eigenvalue weighted by Crippen LogP contribution is -2.35. The van der Waals surface area contributed by atoms with E-state index in [1.807, 2.05) is 0 Å². The van der Waals surface area contributed by atoms with Crippen LogP contribution in [0.3, 0.4) is 0 Å². The molecular formula is C33H29Cl2F7N8O3S. The van der Waals surface area contributed by atoms with Crippen molar-refractivity contribution in [3.05, 3.63) is 86.4 Å². The molecule has 0 saturated carbocycles. The molecule has 0 spiro atoms. The van der Waals surface area contributed by atoms with Crippen molar-refractivity contribution < 1.29 is 43.9 Å². The number of alkyl halides is 5. The van der Waals surface area contributed by atoms with Crippen molar-refractivity contribution in [2.45, 2.75) is 50.9 Å². The Morgan fingerprint density at radius 3 is 2.37 bits per heavy atom. The van der Waals surface area contributed by atoms with Gasteiger partial charge in [-0.1, -0.05) is 36.2 Å². The quantitative estimate of drug-likeness (QED) is 0.100. The fourth-order valence-electron chi connectivity index (χ4n) is 6.78. The van der Waals surface area contributed by atoms with Crippen LogP contribution in [0, 0.1) is 17.6 Å². The number of pyridine rings is 1. The average molecular weight is 822 g/mol. The molecule has 6 rings (SSSR count). The summed E-state index contributed by atoms with van der Waals surface area (Å²) < 4.78 is 130. The number of hydrogen-bond donors (Lipinski definition) is 3. The highest BCUT2D eigenvalue weighted by Gasteiger charge is 2.55. The second-order valence-corrected chi connectivity index (χ2v) is 15.3. The zero-order valence-corrected chi connectivity index (χ0v) is 30.6. The van der Waals surface area contributed by atoms with E-state index in [0.29, 0.717) is 10.7 Å². The van der Waals surface area contributed by atoms with Crippen LogP contribution in [0.2, 0.25) is 10.2 Å². The van der Waals surface area contributed by atoms with Crippen LogP contribution in [0.4, 0.5) is 42.2 Å². The van der Waals surface area contributed by atoms with Crippen molar-refractivity contribution in [3.8, 4) is 11.1 Å². The van der Waals surface area contributed by atoms with Crippen LogP contribution in [-0.4, -0.2) is 45.1 Å². The number of nitrogens with zero attached hydrogens (tertiary/aromatic N) is 5. The van der Waals surface area contributed by atoms with E-state index in [9.17, 15) is 35.2 Å². The van der Waals surface area contributed by atoms with E-state index in [-0.39, 0.29) is 61.4 Å². The van der Waals surface area contributed by atoms with E-state index in [1.165, 1.54) is 36.9 Å². The summed E-state index contributed by atoms with van der Waals surface area (Å²) in [5.74, 6) is -8.40. The van der Waals surface area contributed by atoms with Crippen LogP contribution in [0.15, 0.2) is 36.4 Å². The Morgan fingerprint density at radius 2 is 1.76 bits per heavy atom. The molecule has 0 aliphatic heterocycles. The summed E-state index contributed by atoms with van der Waals surface area (Å²) in [4.78, 5) is 18.1. The summed E-state index contributed by atoms with van der Waals surface area (Å²) in [5, 5.41) is 10.1. The minimum atomic E-state index is -5.10. The molecule has 0 saturated heterocycles. The van der Waals surface area contributed by atoms with Crippen molar-refractivity contribution in [3.63, 3.8) is 0 Å². The summed E-state index contributed by atoms with van der Waals surface area (Å²) in [6.45, 7) is 0.303. The van der Waals surface area contributed by atoms with E-state index in [0.717, 1.165) is 18.4 Å². The van der Waals surface area contributed by atoms with Crippen molar-refractivity contribution in [1.29, 1.82) is 0 Å². The number of nitrogen functional groups attached to an aromatic ring is 1. The number of sulfonamides is 1. The number of nitrogens with two attached hydrogens (primary N) is 1. The monoisotopic (exact) mass is 820 g/mol. The second-order valence-electron chi connectivity index (χ2n) is 12.8. The number of anilines is 2. The van der Waals surface area contributed by atoms with Gasteiger partial charge in [0.25, 0.3) is 5.92 Å². The van der Waals surface area contributed by atoms with Gasteiger partial charge < -0.3 is 11.1 Å². The van der Waals surface area contributed by atoms with Crippen LogP contribution in [0.1, 0.15) is 47.6 Å². The fraction of sp³-hybridized carbons (Fsp3) is 0.333. The highest BCUT2D eigenvalue weighted by atomic mass is 35.5. The molecule has 0 bridgehead atoms. The number of amides is 1. The van der Waals surface area contributed by atoms with Gasteiger partial charge in [0.15, 0.2) is 16.7 Å². The van der Waals surface area contributed by atoms with Gasteiger partial charge in [0.05, 0.1) is 39.6 Å². The van der Waals surface area contributed by atoms with Crippen LogP contribution in [0.5, 0.6) is 0 Å². The smallest absolute Gasteiger partial charge is 0.396 e. The third-order valence-corrected chi connectivity index (χ3v) is 10.1. The van der Waals surface area contributed by atoms with E-state index in [4.69, 9.17) is 28.9 Å². The Labute approximate surface area is 312 Å². The molecule has 2 unspecified atom stereocenters. The lowest BCUT2D eigenvalue weighted by molar-refractivity contribution is -0.142. The van der Waals surface area contributed by atoms with Crippen molar-refractivity contribution in [2.75, 3.05) is 16.7 Å². The Morgan fingerprint density at radius 1 is 1.09 bits per heavy atom. The SMILES string of the molecule is CCC1Cc2c(C(F)(F)F)nn(CC(=O)NC(Cc3cc(F)cc(F)c3)c3nc(Cl)c(N)cc3-c3ccc(Cl)c4c(NS(C)(=O)=O)nn(C)c34)c2C1(F)F. The van der Waals surface area contributed by atoms with Gasteiger partial charge in [-0.3, -0.25) is 18.9 Å². The molecule has 4 N–H and O–H groups in total. The first-order chi connectivity index (χ1) is 25.1. The predicted octanol–water partition coefficient (Wildman–Crippen LogP) is 7.16. The lowest BCUT2D eigenvalue weighted by atomic mass is 9.94. The van der Waals surface area contributed by atoms with Crippen molar-refractivity contribution in [2.24, 2.45) is 13.0 Å². The molecule has 21 heteroatoms. The number of hydrogen-bond acceptors (Lipinski definition) is 7. The molecule has 2 atom stereocenters. The summed E-state index contributed by atoms with van der Waals surface area (Å²) in [6.07, 6.45) is -5.36. The van der Waals surface area contributed by atoms with Crippen molar-refractivity contribution in [1.82, 2.24) is 29.9 Å². The highest BCUT2D eigenvalue weighted by Crippen LogP contribution is 2.51. The molecule has 54 heavy (non-hydrogen) atoms. The number of fused-ring (bicyclic) bond motifs is 2. The molecule has 1 aliphatic rings. The normalized spacial score (nSPS) is 16.1. The third kappa shape index (κ3) is 7.40. The van der Waals surface area contributed by atoms with Gasteiger partial charge in [-0.05, 0) is 49.1 Å². The standard InChI is InChI=1S/C33H29Cl2F7N8O3S/c1-4-15-10-20-28(33(40,41)42)46-50(29(20)32(15,38)39)13-24(51)44-23(9-14-7-16(36)11-17(37)8-14)26-19(12-22(43)30(35)45-26)18-5-6-21(34)25-27(18)49(2)47-31(25)48-54(3,52)53/h5-8,11-12,15,23H,4,9-10,13,43H2,1-3H3,(H,44,51)(H,47,48). The first-order valence-electron chi connectivity index (χ1n) is 16.0. The van der Waals surface area contributed by atoms with E-state index < -0.39 is 88.0 Å². The number of aryl methyl sites for hydroxylation is 1. The van der Waals surface area contributed by atoms with Crippen LogP contribution in [-0.2, 0) is 53.4 Å². The summed E-state index contributed by atoms with van der Waals surface area (Å²) in [5.41, 5.74) is 3.33. The molecule has 5 aromatic rings. The summed E-state index contributed by atoms with van der Waals surface area (Å²) in [6, 6.07) is 5.41. The first kappa shape index (κ1) is 39.1. The number of benzene rings is 2. The van der Waals surface area contributed by atoms with Crippen LogP contribution >= 0.6 is 23.2 Å². The maximum absolute atomic E-state index is 15.5. The van der Waals surface area contributed by atoms with Gasteiger partial charge in [0.2, 0.25) is 15.9 Å². The van der Waals surface area contributed by atoms with E-state index >= 15 is 8.78 Å². The molecular weight excluding hydrogens is 792 g/mol. The minimum absolute atomic E-state index is 0.0171. The van der Waals surface area contributed by atoms with Gasteiger partial charge >= 0.3 is 6.18 Å².